The van der Waals surface area contributed by atoms with Crippen molar-refractivity contribution in [1.82, 2.24) is 19.8 Å². The summed E-state index contributed by atoms with van der Waals surface area (Å²) in [6.07, 6.45) is 13.7. The Morgan fingerprint density at radius 2 is 2.15 bits per heavy atom. The summed E-state index contributed by atoms with van der Waals surface area (Å²) in [5.41, 5.74) is 1.96. The predicted molar refractivity (Wildman–Crippen MR) is 124 cm³/mol. The van der Waals surface area contributed by atoms with Gasteiger partial charge in [-0.3, -0.25) is 4.79 Å². The molecule has 34 heavy (non-hydrogen) atoms. The highest BCUT2D eigenvalue weighted by atomic mass is 19.1. The number of ether oxygens (including phenoxy) is 2. The second kappa shape index (κ2) is 10.9. The third-order valence-electron chi connectivity index (χ3n) is 6.15. The number of methoxy groups -OCH3 is 1. The lowest BCUT2D eigenvalue weighted by Gasteiger charge is -2.32. The molecule has 182 valence electrons. The van der Waals surface area contributed by atoms with Crippen molar-refractivity contribution in [2.24, 2.45) is 5.92 Å². The summed E-state index contributed by atoms with van der Waals surface area (Å²) in [6.45, 7) is 4.47. The molecule has 1 amide bonds. The lowest BCUT2D eigenvalue weighted by molar-refractivity contribution is -0.119. The summed E-state index contributed by atoms with van der Waals surface area (Å²) in [5, 5.41) is 2.63. The van der Waals surface area contributed by atoms with E-state index in [0.717, 1.165) is 5.69 Å². The number of amides is 1. The number of aromatic nitrogens is 2. The van der Waals surface area contributed by atoms with E-state index in [2.05, 4.69) is 10.3 Å². The minimum atomic E-state index is -0.891. The molecule has 0 spiro atoms. The molecule has 3 aliphatic rings. The number of carbonyl (C=O) groups is 1. The first kappa shape index (κ1) is 24.1. The van der Waals surface area contributed by atoms with Gasteiger partial charge >= 0.3 is 0 Å². The highest BCUT2D eigenvalue weighted by molar-refractivity contribution is 5.91. The number of nitrogens with zero attached hydrogens (tertiary/aromatic N) is 3. The highest BCUT2D eigenvalue weighted by Crippen LogP contribution is 2.28. The Kier molecular flexibility index (Phi) is 7.74. The average Bonchev–Trinajstić information content (AvgIpc) is 3.29. The van der Waals surface area contributed by atoms with Crippen LogP contribution in [-0.2, 0) is 14.3 Å². The van der Waals surface area contributed by atoms with Gasteiger partial charge in [-0.2, -0.15) is 0 Å². The first-order valence-electron chi connectivity index (χ1n) is 11.4. The van der Waals surface area contributed by atoms with Crippen LogP contribution in [0.4, 0.5) is 8.78 Å². The van der Waals surface area contributed by atoms with Crippen molar-refractivity contribution < 1.29 is 23.0 Å². The molecular formula is C25H30F2N4O3. The molecule has 7 nitrogen and oxygen atoms in total. The van der Waals surface area contributed by atoms with Crippen LogP contribution in [0.15, 0.2) is 71.9 Å². The van der Waals surface area contributed by atoms with Crippen molar-refractivity contribution in [3.63, 3.8) is 0 Å². The Hall–Kier alpha value is -3.04. The van der Waals surface area contributed by atoms with Gasteiger partial charge in [0.05, 0.1) is 37.0 Å². The largest absolute Gasteiger partial charge is 0.378 e. The fourth-order valence-corrected chi connectivity index (χ4v) is 4.29. The van der Waals surface area contributed by atoms with Crippen molar-refractivity contribution in [1.29, 1.82) is 0 Å². The standard InChI is InChI=1S/C25H30F2N4O3/c1-17-15-31(16-29-17)22-6-4-18(13-24(22)33-2)11-21(27)25(32)28-14-19-3-5-20(26)23(12-19)30-7-9-34-10-8-30/h4-6,11-13,15-16,19,22,24H,3,7-10,14H2,1-2H3,(H,28,32)/b21-11-. The van der Waals surface area contributed by atoms with Gasteiger partial charge in [-0.1, -0.05) is 18.2 Å². The van der Waals surface area contributed by atoms with Gasteiger partial charge in [0, 0.05) is 38.9 Å². The van der Waals surface area contributed by atoms with E-state index in [-0.39, 0.29) is 30.4 Å². The number of imidazole rings is 1. The Balaban J connectivity index is 1.35. The topological polar surface area (TPSA) is 68.6 Å². The molecule has 0 saturated carbocycles. The Morgan fingerprint density at radius 3 is 2.85 bits per heavy atom. The molecule has 0 bridgehead atoms. The van der Waals surface area contributed by atoms with Crippen molar-refractivity contribution >= 4 is 5.91 Å². The maximum absolute atomic E-state index is 14.6. The minimum Gasteiger partial charge on any atom is -0.378 e. The second-order valence-electron chi connectivity index (χ2n) is 8.58. The molecule has 1 aromatic heterocycles. The van der Waals surface area contributed by atoms with E-state index in [0.29, 0.717) is 44.0 Å². The maximum atomic E-state index is 14.6. The normalized spacial score (nSPS) is 25.5. The molecule has 1 aliphatic heterocycles. The van der Waals surface area contributed by atoms with Gasteiger partial charge in [0.2, 0.25) is 0 Å². The van der Waals surface area contributed by atoms with Crippen molar-refractivity contribution in [3.05, 3.63) is 77.6 Å². The molecule has 0 radical (unpaired) electrons. The molecule has 2 aliphatic carbocycles. The van der Waals surface area contributed by atoms with Gasteiger partial charge in [0.15, 0.2) is 5.83 Å². The van der Waals surface area contributed by atoms with Crippen molar-refractivity contribution in [2.45, 2.75) is 25.5 Å². The zero-order chi connectivity index (χ0) is 24.1. The van der Waals surface area contributed by atoms with Crippen molar-refractivity contribution in [3.8, 4) is 0 Å². The van der Waals surface area contributed by atoms with Gasteiger partial charge < -0.3 is 24.3 Å². The van der Waals surface area contributed by atoms with Gasteiger partial charge in [-0.05, 0) is 37.1 Å². The number of morpholine rings is 1. The third-order valence-corrected chi connectivity index (χ3v) is 6.15. The van der Waals surface area contributed by atoms with E-state index in [1.54, 1.807) is 25.6 Å². The monoisotopic (exact) mass is 472 g/mol. The minimum absolute atomic E-state index is 0.104. The molecule has 2 heterocycles. The average molecular weight is 473 g/mol. The first-order chi connectivity index (χ1) is 16.4. The molecule has 0 aromatic carbocycles. The number of nitrogens with one attached hydrogen (secondary N) is 1. The van der Waals surface area contributed by atoms with Crippen LogP contribution in [-0.4, -0.2) is 66.4 Å². The third kappa shape index (κ3) is 5.71. The number of allylic oxidation sites excluding steroid dienone is 5. The summed E-state index contributed by atoms with van der Waals surface area (Å²) in [7, 11) is 1.58. The van der Waals surface area contributed by atoms with Crippen LogP contribution in [0.5, 0.6) is 0 Å². The molecule has 1 aromatic rings. The fourth-order valence-electron chi connectivity index (χ4n) is 4.29. The lowest BCUT2D eigenvalue weighted by atomic mass is 9.97. The SMILES string of the molecule is COC1C=C(/C=C(\F)C(=O)NCC2C=C(N3CCOCC3)C(F)=CC2)C=CC1n1cnc(C)c1. The molecule has 9 heteroatoms. The molecule has 1 saturated heterocycles. The van der Waals surface area contributed by atoms with Crippen LogP contribution in [0.3, 0.4) is 0 Å². The van der Waals surface area contributed by atoms with Crippen LogP contribution >= 0.6 is 0 Å². The van der Waals surface area contributed by atoms with Gasteiger partial charge in [-0.15, -0.1) is 0 Å². The summed E-state index contributed by atoms with van der Waals surface area (Å²) < 4.78 is 41.8. The van der Waals surface area contributed by atoms with E-state index in [1.165, 1.54) is 12.2 Å². The Bertz CT molecular complexity index is 1050. The molecular weight excluding hydrogens is 442 g/mol. The molecule has 4 rings (SSSR count). The maximum Gasteiger partial charge on any atom is 0.280 e. The zero-order valence-electron chi connectivity index (χ0n) is 19.4. The predicted octanol–water partition coefficient (Wildman–Crippen LogP) is 3.30. The van der Waals surface area contributed by atoms with Crippen LogP contribution in [0.2, 0.25) is 0 Å². The smallest absolute Gasteiger partial charge is 0.280 e. The molecule has 1 fully saturated rings. The Labute approximate surface area is 198 Å². The van der Waals surface area contributed by atoms with E-state index >= 15 is 0 Å². The summed E-state index contributed by atoms with van der Waals surface area (Å²) in [6, 6.07) is -0.104. The van der Waals surface area contributed by atoms with Crippen LogP contribution in [0, 0.1) is 12.8 Å². The van der Waals surface area contributed by atoms with Gasteiger partial charge in [-0.25, -0.2) is 13.8 Å². The van der Waals surface area contributed by atoms with Crippen molar-refractivity contribution in [2.75, 3.05) is 40.0 Å². The number of carbonyl (C=O) groups excluding carboxylic acids is 1. The first-order valence-corrected chi connectivity index (χ1v) is 11.4. The van der Waals surface area contributed by atoms with Gasteiger partial charge in [0.1, 0.15) is 11.9 Å². The molecule has 1 N–H and O–H groups in total. The number of rotatable bonds is 7. The number of halogens is 2. The number of hydrogen-bond acceptors (Lipinski definition) is 5. The van der Waals surface area contributed by atoms with E-state index < -0.39 is 11.7 Å². The lowest BCUT2D eigenvalue weighted by Crippen LogP contribution is -2.37. The molecule has 3 unspecified atom stereocenters. The number of aryl methyl sites for hydroxylation is 1. The van der Waals surface area contributed by atoms with E-state index in [4.69, 9.17) is 9.47 Å². The summed E-state index contributed by atoms with van der Waals surface area (Å²) >= 11 is 0. The van der Waals surface area contributed by atoms with Crippen LogP contribution < -0.4 is 5.32 Å². The summed E-state index contributed by atoms with van der Waals surface area (Å²) in [5.74, 6) is -2.06. The van der Waals surface area contributed by atoms with Crippen LogP contribution in [0.1, 0.15) is 18.2 Å². The summed E-state index contributed by atoms with van der Waals surface area (Å²) in [4.78, 5) is 18.5. The van der Waals surface area contributed by atoms with Gasteiger partial charge in [0.25, 0.3) is 5.91 Å². The number of hydrogen-bond donors (Lipinski definition) is 1. The van der Waals surface area contributed by atoms with E-state index in [1.807, 2.05) is 34.7 Å². The van der Waals surface area contributed by atoms with E-state index in [9.17, 15) is 13.6 Å². The molecule has 3 atom stereocenters. The quantitative estimate of drug-likeness (QED) is 0.617. The van der Waals surface area contributed by atoms with Crippen LogP contribution in [0.25, 0.3) is 0 Å². The second-order valence-corrected chi connectivity index (χ2v) is 8.58. The Morgan fingerprint density at radius 1 is 1.35 bits per heavy atom. The fraction of sp³-hybridized carbons (Fsp3) is 0.440. The highest BCUT2D eigenvalue weighted by Gasteiger charge is 2.24. The zero-order valence-corrected chi connectivity index (χ0v) is 19.4.